The summed E-state index contributed by atoms with van der Waals surface area (Å²) >= 11 is 0. The highest BCUT2D eigenvalue weighted by atomic mass is 16.5. The van der Waals surface area contributed by atoms with E-state index in [1.165, 1.54) is 7.11 Å². The number of nitrogens with one attached hydrogen (secondary N) is 1. The number of methoxy groups -OCH3 is 1. The Morgan fingerprint density at radius 2 is 1.94 bits per heavy atom. The molecule has 0 aliphatic rings. The standard InChI is InChI=1S/C12H24N2O3/c1-5-7-9(13)11(15)14-10(8(3)6-2)12(16)17-4/h8-10H,5-7,13H2,1-4H3,(H,14,15)/t8?,9-,10?/m0/s1. The lowest BCUT2D eigenvalue weighted by Crippen LogP contribution is -2.51. The van der Waals surface area contributed by atoms with Gasteiger partial charge in [0.05, 0.1) is 13.2 Å². The lowest BCUT2D eigenvalue weighted by Gasteiger charge is -2.23. The summed E-state index contributed by atoms with van der Waals surface area (Å²) in [7, 11) is 1.32. The first-order chi connectivity index (χ1) is 7.97. The van der Waals surface area contributed by atoms with Crippen LogP contribution in [0.5, 0.6) is 0 Å². The van der Waals surface area contributed by atoms with Crippen molar-refractivity contribution in [3.8, 4) is 0 Å². The minimum atomic E-state index is -0.611. The van der Waals surface area contributed by atoms with Gasteiger partial charge in [-0.2, -0.15) is 0 Å². The predicted molar refractivity (Wildman–Crippen MR) is 66.3 cm³/mol. The molecular weight excluding hydrogens is 220 g/mol. The Kier molecular flexibility index (Phi) is 7.54. The normalized spacial score (nSPS) is 15.8. The molecule has 17 heavy (non-hydrogen) atoms. The second-order valence-corrected chi connectivity index (χ2v) is 4.29. The summed E-state index contributed by atoms with van der Waals surface area (Å²) in [6, 6.07) is -1.17. The van der Waals surface area contributed by atoms with Crippen molar-refractivity contribution in [2.24, 2.45) is 11.7 Å². The van der Waals surface area contributed by atoms with E-state index in [0.717, 1.165) is 12.8 Å². The maximum Gasteiger partial charge on any atom is 0.328 e. The molecule has 0 fully saturated rings. The summed E-state index contributed by atoms with van der Waals surface area (Å²) in [4.78, 5) is 23.3. The molecule has 5 nitrogen and oxygen atoms in total. The molecule has 3 N–H and O–H groups in total. The van der Waals surface area contributed by atoms with Crippen LogP contribution in [0.1, 0.15) is 40.0 Å². The Hall–Kier alpha value is -1.10. The van der Waals surface area contributed by atoms with E-state index in [1.54, 1.807) is 0 Å². The van der Waals surface area contributed by atoms with E-state index in [4.69, 9.17) is 5.73 Å². The van der Waals surface area contributed by atoms with E-state index in [0.29, 0.717) is 6.42 Å². The first-order valence-electron chi connectivity index (χ1n) is 6.11. The smallest absolute Gasteiger partial charge is 0.328 e. The summed E-state index contributed by atoms with van der Waals surface area (Å²) in [5.41, 5.74) is 5.70. The quantitative estimate of drug-likeness (QED) is 0.650. The van der Waals surface area contributed by atoms with Crippen LogP contribution in [0.15, 0.2) is 0 Å². The molecule has 0 aromatic rings. The van der Waals surface area contributed by atoms with Gasteiger partial charge in [0.1, 0.15) is 6.04 Å². The van der Waals surface area contributed by atoms with E-state index in [2.05, 4.69) is 10.1 Å². The van der Waals surface area contributed by atoms with E-state index in [9.17, 15) is 9.59 Å². The summed E-state index contributed by atoms with van der Waals surface area (Å²) in [6.07, 6.45) is 2.23. The molecule has 100 valence electrons. The fourth-order valence-corrected chi connectivity index (χ4v) is 1.50. The van der Waals surface area contributed by atoms with Crippen molar-refractivity contribution in [3.63, 3.8) is 0 Å². The summed E-state index contributed by atoms with van der Waals surface area (Å²) in [6.45, 7) is 5.81. The van der Waals surface area contributed by atoms with Gasteiger partial charge < -0.3 is 15.8 Å². The average molecular weight is 244 g/mol. The third-order valence-corrected chi connectivity index (χ3v) is 2.90. The van der Waals surface area contributed by atoms with Crippen LogP contribution in [-0.4, -0.2) is 31.1 Å². The Morgan fingerprint density at radius 3 is 2.35 bits per heavy atom. The molecule has 0 aromatic carbocycles. The van der Waals surface area contributed by atoms with Crippen LogP contribution in [-0.2, 0) is 14.3 Å². The van der Waals surface area contributed by atoms with E-state index in [-0.39, 0.29) is 11.8 Å². The Balaban J connectivity index is 4.53. The van der Waals surface area contributed by atoms with Crippen LogP contribution in [0.3, 0.4) is 0 Å². The van der Waals surface area contributed by atoms with Crippen molar-refractivity contribution in [3.05, 3.63) is 0 Å². The van der Waals surface area contributed by atoms with Crippen LogP contribution in [0, 0.1) is 5.92 Å². The van der Waals surface area contributed by atoms with Crippen molar-refractivity contribution in [2.75, 3.05) is 7.11 Å². The molecule has 0 heterocycles. The van der Waals surface area contributed by atoms with Crippen LogP contribution < -0.4 is 11.1 Å². The highest BCUT2D eigenvalue weighted by Gasteiger charge is 2.28. The van der Waals surface area contributed by atoms with Crippen LogP contribution in [0.25, 0.3) is 0 Å². The van der Waals surface area contributed by atoms with Crippen molar-refractivity contribution in [1.82, 2.24) is 5.32 Å². The number of carbonyl (C=O) groups is 2. The van der Waals surface area contributed by atoms with Gasteiger partial charge >= 0.3 is 5.97 Å². The van der Waals surface area contributed by atoms with Crippen molar-refractivity contribution < 1.29 is 14.3 Å². The van der Waals surface area contributed by atoms with Crippen LogP contribution in [0.2, 0.25) is 0 Å². The van der Waals surface area contributed by atoms with Crippen molar-refractivity contribution >= 4 is 11.9 Å². The maximum absolute atomic E-state index is 11.7. The maximum atomic E-state index is 11.7. The van der Waals surface area contributed by atoms with E-state index < -0.39 is 18.1 Å². The van der Waals surface area contributed by atoms with E-state index in [1.807, 2.05) is 20.8 Å². The third-order valence-electron chi connectivity index (χ3n) is 2.90. The fourth-order valence-electron chi connectivity index (χ4n) is 1.50. The highest BCUT2D eigenvalue weighted by Crippen LogP contribution is 2.09. The zero-order chi connectivity index (χ0) is 13.4. The van der Waals surface area contributed by atoms with Gasteiger partial charge in [-0.3, -0.25) is 4.79 Å². The molecule has 0 saturated heterocycles. The average Bonchev–Trinajstić information content (AvgIpc) is 2.33. The van der Waals surface area contributed by atoms with E-state index >= 15 is 0 Å². The van der Waals surface area contributed by atoms with Crippen LogP contribution in [0.4, 0.5) is 0 Å². The number of carbonyl (C=O) groups excluding carboxylic acids is 2. The molecule has 3 atom stereocenters. The molecule has 5 heteroatoms. The summed E-state index contributed by atoms with van der Waals surface area (Å²) in [5, 5.41) is 2.66. The zero-order valence-electron chi connectivity index (χ0n) is 11.2. The lowest BCUT2D eigenvalue weighted by atomic mass is 9.98. The van der Waals surface area contributed by atoms with Gasteiger partial charge in [-0.1, -0.05) is 33.6 Å². The first kappa shape index (κ1) is 15.9. The summed E-state index contributed by atoms with van der Waals surface area (Å²) < 4.78 is 4.68. The molecule has 0 aromatic heterocycles. The number of esters is 1. The monoisotopic (exact) mass is 244 g/mol. The molecule has 0 radical (unpaired) electrons. The van der Waals surface area contributed by atoms with Crippen molar-refractivity contribution in [2.45, 2.75) is 52.1 Å². The van der Waals surface area contributed by atoms with Gasteiger partial charge in [0.25, 0.3) is 0 Å². The van der Waals surface area contributed by atoms with Crippen LogP contribution >= 0.6 is 0 Å². The number of amides is 1. The molecule has 0 bridgehead atoms. The molecule has 0 saturated carbocycles. The minimum absolute atomic E-state index is 0.0280. The second kappa shape index (κ2) is 8.06. The summed E-state index contributed by atoms with van der Waals surface area (Å²) in [5.74, 6) is -0.681. The Labute approximate surface area is 103 Å². The zero-order valence-corrected chi connectivity index (χ0v) is 11.2. The fraction of sp³-hybridized carbons (Fsp3) is 0.833. The molecule has 1 amide bonds. The number of hydrogen-bond donors (Lipinski definition) is 2. The van der Waals surface area contributed by atoms with Gasteiger partial charge in [-0.15, -0.1) is 0 Å². The molecule has 2 unspecified atom stereocenters. The molecule has 0 aliphatic carbocycles. The minimum Gasteiger partial charge on any atom is -0.467 e. The third kappa shape index (κ3) is 5.17. The van der Waals surface area contributed by atoms with Gasteiger partial charge in [0.2, 0.25) is 5.91 Å². The largest absolute Gasteiger partial charge is 0.467 e. The number of nitrogens with two attached hydrogens (primary N) is 1. The van der Waals surface area contributed by atoms with Gasteiger partial charge in [-0.25, -0.2) is 4.79 Å². The van der Waals surface area contributed by atoms with Crippen molar-refractivity contribution in [1.29, 1.82) is 0 Å². The topological polar surface area (TPSA) is 81.4 Å². The second-order valence-electron chi connectivity index (χ2n) is 4.29. The lowest BCUT2D eigenvalue weighted by molar-refractivity contribution is -0.146. The Bertz CT molecular complexity index is 256. The first-order valence-corrected chi connectivity index (χ1v) is 6.11. The van der Waals surface area contributed by atoms with Gasteiger partial charge in [0, 0.05) is 0 Å². The molecule has 0 spiro atoms. The number of rotatable bonds is 7. The SMILES string of the molecule is CCC[C@H](N)C(=O)NC(C(=O)OC)C(C)CC. The number of ether oxygens (including phenoxy) is 1. The highest BCUT2D eigenvalue weighted by molar-refractivity contribution is 5.87. The van der Waals surface area contributed by atoms with Gasteiger partial charge in [0.15, 0.2) is 0 Å². The molecular formula is C12H24N2O3. The predicted octanol–water partition coefficient (Wildman–Crippen LogP) is 0.818. The Morgan fingerprint density at radius 1 is 1.35 bits per heavy atom. The number of hydrogen-bond acceptors (Lipinski definition) is 4. The molecule has 0 rings (SSSR count). The molecule has 0 aliphatic heterocycles. The van der Waals surface area contributed by atoms with Gasteiger partial charge in [-0.05, 0) is 12.3 Å².